The van der Waals surface area contributed by atoms with Gasteiger partial charge in [0.05, 0.1) is 23.3 Å². The Hall–Kier alpha value is -3.09. The maximum Gasteiger partial charge on any atom is 0.351 e. The second-order valence-electron chi connectivity index (χ2n) is 13.9. The summed E-state index contributed by atoms with van der Waals surface area (Å²) >= 11 is 6.37. The largest absolute Gasteiger partial charge is 0.438 e. The fourth-order valence-corrected chi connectivity index (χ4v) is 11.3. The number of anilines is 1. The number of aliphatic hydroxyl groups is 2. The molecule has 1 aliphatic heterocycles. The van der Waals surface area contributed by atoms with Gasteiger partial charge in [-0.1, -0.05) is 24.4 Å². The lowest BCUT2D eigenvalue weighted by Crippen LogP contribution is -2.41. The standard InChI is InChI=1S/C31H36ClF4N4O12PS/c32-25-20(11-37)22(38-18-3-1-2-4-18)19-5-6-40(26(19)39-25)27-24(42)23(41)21(52-27)12-54(46,47)15-53(45,50-13-48-28(43)16-7-30(33,34)8-16)51-14-49-29(44)17-9-31(35,36)10-17/h5-6,16-18,21,23-24,27,41-42H,1-4,7-10,12-15H2,(H,38,39)/t21-,23-,24-,27-/m1/s1. The highest BCUT2D eigenvalue weighted by atomic mass is 35.5. The van der Waals surface area contributed by atoms with Crippen LogP contribution in [-0.4, -0.2) is 101 Å². The van der Waals surface area contributed by atoms with E-state index in [1.165, 1.54) is 10.8 Å². The molecule has 0 radical (unpaired) electrons. The summed E-state index contributed by atoms with van der Waals surface area (Å²) in [6, 6.07) is 3.69. The number of carbonyl (C=O) groups excluding carboxylic acids is 2. The van der Waals surface area contributed by atoms with Gasteiger partial charge in [0.15, 0.2) is 26.7 Å². The zero-order valence-electron chi connectivity index (χ0n) is 28.2. The third-order valence-electron chi connectivity index (χ3n) is 9.76. The number of nitrogens with zero attached hydrogens (tertiary/aromatic N) is 3. The number of fused-ring (bicyclic) bond motifs is 1. The van der Waals surface area contributed by atoms with Gasteiger partial charge in [0, 0.05) is 43.3 Å². The van der Waals surface area contributed by atoms with Gasteiger partial charge in [-0.15, -0.1) is 0 Å². The van der Waals surface area contributed by atoms with Crippen LogP contribution in [0.3, 0.4) is 0 Å². The van der Waals surface area contributed by atoms with E-state index in [0.29, 0.717) is 11.1 Å². The van der Waals surface area contributed by atoms with E-state index >= 15 is 0 Å². The third kappa shape index (κ3) is 8.96. The van der Waals surface area contributed by atoms with Gasteiger partial charge in [-0.2, -0.15) is 5.26 Å². The van der Waals surface area contributed by atoms with Gasteiger partial charge in [-0.25, -0.2) is 31.0 Å². The molecule has 3 N–H and O–H groups in total. The molecule has 54 heavy (non-hydrogen) atoms. The van der Waals surface area contributed by atoms with Crippen LogP contribution in [0.2, 0.25) is 5.15 Å². The number of hydrogen-bond acceptors (Lipinski definition) is 15. The highest BCUT2D eigenvalue weighted by Crippen LogP contribution is 2.51. The number of alkyl halides is 4. The quantitative estimate of drug-likeness (QED) is 0.0751. The van der Waals surface area contributed by atoms with Gasteiger partial charge in [-0.3, -0.25) is 23.2 Å². The maximum absolute atomic E-state index is 13.6. The average Bonchev–Trinajstić information content (AvgIpc) is 3.78. The van der Waals surface area contributed by atoms with Crippen LogP contribution in [0.15, 0.2) is 12.3 Å². The Kier molecular flexibility index (Phi) is 11.6. The van der Waals surface area contributed by atoms with Crippen molar-refractivity contribution in [1.29, 1.82) is 5.26 Å². The van der Waals surface area contributed by atoms with E-state index in [9.17, 15) is 55.6 Å². The molecule has 23 heteroatoms. The van der Waals surface area contributed by atoms with Crippen LogP contribution in [-0.2, 0) is 47.2 Å². The minimum absolute atomic E-state index is 0.0708. The number of esters is 2. The molecule has 2 aromatic heterocycles. The first-order valence-corrected chi connectivity index (χ1v) is 20.8. The van der Waals surface area contributed by atoms with Crippen molar-refractivity contribution in [3.63, 3.8) is 0 Å². The maximum atomic E-state index is 13.6. The summed E-state index contributed by atoms with van der Waals surface area (Å²) in [6.45, 7) is -2.44. The predicted molar refractivity (Wildman–Crippen MR) is 177 cm³/mol. The van der Waals surface area contributed by atoms with Crippen LogP contribution in [0.1, 0.15) is 63.2 Å². The van der Waals surface area contributed by atoms with Crippen molar-refractivity contribution >= 4 is 57.7 Å². The number of halogens is 5. The molecule has 3 saturated carbocycles. The lowest BCUT2D eigenvalue weighted by atomic mass is 9.81. The minimum Gasteiger partial charge on any atom is -0.438 e. The Morgan fingerprint density at radius 3 is 2.11 bits per heavy atom. The normalized spacial score (nSPS) is 25.9. The first kappa shape index (κ1) is 40.6. The Balaban J connectivity index is 1.14. The highest BCUT2D eigenvalue weighted by Gasteiger charge is 2.51. The second kappa shape index (κ2) is 15.4. The van der Waals surface area contributed by atoms with E-state index in [0.717, 1.165) is 25.7 Å². The van der Waals surface area contributed by atoms with Gasteiger partial charge < -0.3 is 34.3 Å². The summed E-state index contributed by atoms with van der Waals surface area (Å²) in [5.41, 5.74) is -0.833. The van der Waals surface area contributed by atoms with Crippen LogP contribution in [0.25, 0.3) is 11.0 Å². The Labute approximate surface area is 310 Å². The number of carbonyl (C=O) groups is 2. The summed E-state index contributed by atoms with van der Waals surface area (Å²) in [6.07, 6.45) is -4.70. The summed E-state index contributed by atoms with van der Waals surface area (Å²) in [7, 11) is -9.65. The van der Waals surface area contributed by atoms with Crippen LogP contribution in [0.4, 0.5) is 23.2 Å². The van der Waals surface area contributed by atoms with Crippen molar-refractivity contribution in [2.24, 2.45) is 11.8 Å². The minimum atomic E-state index is -4.97. The molecular weight excluding hydrogens is 795 g/mol. The Bertz CT molecular complexity index is 1920. The molecule has 4 fully saturated rings. The van der Waals surface area contributed by atoms with E-state index in [1.54, 1.807) is 6.07 Å². The number of aromatic nitrogens is 2. The number of nitrogens with one attached hydrogen (secondary N) is 1. The Morgan fingerprint density at radius 2 is 1.59 bits per heavy atom. The number of ether oxygens (including phenoxy) is 3. The van der Waals surface area contributed by atoms with E-state index in [2.05, 4.69) is 10.3 Å². The zero-order chi connectivity index (χ0) is 39.2. The van der Waals surface area contributed by atoms with Gasteiger partial charge in [0.1, 0.15) is 35.6 Å². The van der Waals surface area contributed by atoms with E-state index in [4.69, 9.17) is 34.9 Å². The molecule has 4 aliphatic rings. The summed E-state index contributed by atoms with van der Waals surface area (Å²) in [5.74, 6) is -11.9. The molecule has 0 unspecified atom stereocenters. The molecule has 0 aromatic carbocycles. The van der Waals surface area contributed by atoms with Crippen LogP contribution < -0.4 is 5.32 Å². The van der Waals surface area contributed by atoms with Crippen molar-refractivity contribution in [3.8, 4) is 6.07 Å². The average molecular weight is 831 g/mol. The molecule has 298 valence electrons. The van der Waals surface area contributed by atoms with E-state index < -0.39 is 128 Å². The van der Waals surface area contributed by atoms with E-state index in [1.807, 2.05) is 6.07 Å². The molecule has 0 amide bonds. The second-order valence-corrected chi connectivity index (χ2v) is 18.8. The molecule has 4 atom stereocenters. The third-order valence-corrected chi connectivity index (χ3v) is 14.7. The SMILES string of the molecule is N#Cc1c(Cl)nc2c(ccn2[C@@H]2O[C@H](CS(=O)(=O)CP(=O)(OCOC(=O)C3CC(F)(F)C3)OCOC(=O)C3CC(F)(F)C3)[C@@H](O)[C@H]2O)c1NC1CCCC1. The fraction of sp³-hybridized carbons (Fsp3) is 0.677. The number of nitriles is 1. The molecule has 2 aromatic rings. The first-order valence-electron chi connectivity index (χ1n) is 16.8. The molecule has 0 spiro atoms. The molecule has 1 saturated heterocycles. The van der Waals surface area contributed by atoms with Gasteiger partial charge in [0.25, 0.3) is 0 Å². The lowest BCUT2D eigenvalue weighted by Gasteiger charge is -2.33. The van der Waals surface area contributed by atoms with Crippen molar-refractivity contribution < 1.29 is 73.6 Å². The number of sulfone groups is 1. The van der Waals surface area contributed by atoms with Crippen molar-refractivity contribution in [3.05, 3.63) is 23.0 Å². The van der Waals surface area contributed by atoms with Crippen molar-refractivity contribution in [2.45, 2.75) is 93.8 Å². The van der Waals surface area contributed by atoms with Gasteiger partial charge in [0.2, 0.25) is 25.4 Å². The van der Waals surface area contributed by atoms with Crippen molar-refractivity contribution in [2.75, 3.05) is 30.1 Å². The van der Waals surface area contributed by atoms with Crippen LogP contribution in [0, 0.1) is 23.2 Å². The fourth-order valence-electron chi connectivity index (χ4n) is 6.84. The van der Waals surface area contributed by atoms with Gasteiger partial charge in [-0.05, 0) is 18.9 Å². The molecule has 0 bridgehead atoms. The van der Waals surface area contributed by atoms with E-state index in [-0.39, 0.29) is 22.4 Å². The molecule has 16 nitrogen and oxygen atoms in total. The smallest absolute Gasteiger partial charge is 0.351 e. The zero-order valence-corrected chi connectivity index (χ0v) is 30.7. The predicted octanol–water partition coefficient (Wildman–Crippen LogP) is 4.23. The highest BCUT2D eigenvalue weighted by molar-refractivity contribution is 7.97. The number of rotatable bonds is 15. The van der Waals surface area contributed by atoms with Crippen LogP contribution in [0.5, 0.6) is 0 Å². The Morgan fingerprint density at radius 1 is 1.04 bits per heavy atom. The monoisotopic (exact) mass is 830 g/mol. The summed E-state index contributed by atoms with van der Waals surface area (Å²) < 4.78 is 120. The molecular formula is C31H36ClF4N4O12PS. The number of pyridine rings is 1. The van der Waals surface area contributed by atoms with Gasteiger partial charge >= 0.3 is 19.5 Å². The summed E-state index contributed by atoms with van der Waals surface area (Å²) in [4.78, 5) is 28.5. The molecule has 3 aliphatic carbocycles. The topological polar surface area (TPSA) is 226 Å². The van der Waals surface area contributed by atoms with Crippen molar-refractivity contribution in [1.82, 2.24) is 9.55 Å². The first-order chi connectivity index (χ1) is 25.3. The molecule has 6 rings (SSSR count). The summed E-state index contributed by atoms with van der Waals surface area (Å²) in [5, 5.41) is 35.3. The number of aliphatic hydroxyl groups excluding tert-OH is 2. The number of hydrogen-bond donors (Lipinski definition) is 3. The molecule has 3 heterocycles. The lowest BCUT2D eigenvalue weighted by molar-refractivity contribution is -0.179. The van der Waals surface area contributed by atoms with Crippen LogP contribution >= 0.6 is 19.2 Å².